The molecule has 0 aliphatic rings. The highest BCUT2D eigenvalue weighted by Crippen LogP contribution is 2.28. The Morgan fingerprint density at radius 2 is 2.12 bits per heavy atom. The lowest BCUT2D eigenvalue weighted by atomic mass is 10.0. The summed E-state index contributed by atoms with van der Waals surface area (Å²) in [6.07, 6.45) is -0.480. The lowest BCUT2D eigenvalue weighted by Gasteiger charge is -2.19. The molecule has 0 bridgehead atoms. The largest absolute Gasteiger partial charge is 0.506 e. The monoisotopic (exact) mass is 363 g/mol. The zero-order valence-electron chi connectivity index (χ0n) is 15.0. The Kier molecular flexibility index (Phi) is 7.14. The van der Waals surface area contributed by atoms with Crippen LogP contribution in [0.1, 0.15) is 18.1 Å². The molecule has 8 heteroatoms. The number of phenolic OH excluding ortho intramolecular Hbond substituents is 1. The van der Waals surface area contributed by atoms with Gasteiger partial charge in [0.05, 0.1) is 24.6 Å². The molecule has 0 saturated carbocycles. The summed E-state index contributed by atoms with van der Waals surface area (Å²) in [7, 11) is 3.28. The Morgan fingerprint density at radius 1 is 1.35 bits per heavy atom. The van der Waals surface area contributed by atoms with Gasteiger partial charge >= 0.3 is 0 Å². The number of aromatic nitrogens is 1. The third-order valence-corrected chi connectivity index (χ3v) is 4.17. The first kappa shape index (κ1) is 19.9. The number of hydrogen-bond donors (Lipinski definition) is 4. The Bertz CT molecular complexity index is 805. The number of rotatable bonds is 9. The number of phenols is 1. The highest BCUT2D eigenvalue weighted by atomic mass is 16.5. The minimum atomic E-state index is -0.821. The lowest BCUT2D eigenvalue weighted by molar-refractivity contribution is -0.130. The van der Waals surface area contributed by atoms with E-state index in [1.54, 1.807) is 31.2 Å². The molecule has 4 N–H and O–H groups in total. The van der Waals surface area contributed by atoms with Crippen molar-refractivity contribution < 1.29 is 19.7 Å². The van der Waals surface area contributed by atoms with Gasteiger partial charge in [-0.2, -0.15) is 0 Å². The minimum Gasteiger partial charge on any atom is -0.506 e. The number of ether oxygens (including phenoxy) is 1. The van der Waals surface area contributed by atoms with Gasteiger partial charge in [-0.25, -0.2) is 0 Å². The summed E-state index contributed by atoms with van der Waals surface area (Å²) in [4.78, 5) is 27.4. The van der Waals surface area contributed by atoms with Crippen LogP contribution in [-0.4, -0.2) is 66.4 Å². The van der Waals surface area contributed by atoms with E-state index >= 15 is 0 Å². The fourth-order valence-electron chi connectivity index (χ4n) is 2.65. The number of nitrogens with zero attached hydrogens (tertiary/aromatic N) is 1. The molecule has 1 heterocycles. The number of likely N-dealkylation sites (N-methyl/N-ethyl adjacent to an activating group) is 1. The zero-order valence-corrected chi connectivity index (χ0v) is 15.0. The van der Waals surface area contributed by atoms with Gasteiger partial charge in [0.1, 0.15) is 5.75 Å². The van der Waals surface area contributed by atoms with Crippen molar-refractivity contribution in [2.75, 3.05) is 40.4 Å². The molecular weight excluding hydrogens is 338 g/mol. The number of H-pyrrole nitrogens is 1. The van der Waals surface area contributed by atoms with Gasteiger partial charge in [-0.3, -0.25) is 9.59 Å². The quantitative estimate of drug-likeness (QED) is 0.478. The number of fused-ring (bicyclic) bond motifs is 1. The number of carbonyl (C=O) groups excluding carboxylic acids is 1. The van der Waals surface area contributed by atoms with Crippen molar-refractivity contribution in [1.82, 2.24) is 15.2 Å². The van der Waals surface area contributed by atoms with Gasteiger partial charge < -0.3 is 30.2 Å². The number of aromatic amines is 1. The van der Waals surface area contributed by atoms with Crippen LogP contribution in [0.3, 0.4) is 0 Å². The predicted molar refractivity (Wildman–Crippen MR) is 98.2 cm³/mol. The summed E-state index contributed by atoms with van der Waals surface area (Å²) in [6.45, 7) is 1.71. The Hall–Kier alpha value is -2.42. The van der Waals surface area contributed by atoms with Crippen LogP contribution in [0.2, 0.25) is 0 Å². The summed E-state index contributed by atoms with van der Waals surface area (Å²) in [5.74, 6) is -0.0412. The van der Waals surface area contributed by atoms with Crippen LogP contribution in [0.4, 0.5) is 0 Å². The SMILES string of the molecule is COCCC(=O)N(C)CCNC[C@H](O)c1ccc(O)c2[nH]c(=O)ccc12. The molecule has 2 rings (SSSR count). The highest BCUT2D eigenvalue weighted by molar-refractivity contribution is 5.87. The predicted octanol–water partition coefficient (Wildman–Crippen LogP) is 0.352. The standard InChI is InChI=1S/C18H25N3O5/c1-21(17(25)7-10-26-2)9-8-19-11-15(23)12-3-5-14(22)18-13(12)4-6-16(24)20-18/h3-6,15,19,22-23H,7-11H2,1-2H3,(H,20,24)/t15-/m0/s1. The number of aromatic hydroxyl groups is 1. The van der Waals surface area contributed by atoms with Gasteiger partial charge in [-0.05, 0) is 17.7 Å². The van der Waals surface area contributed by atoms with E-state index < -0.39 is 6.10 Å². The summed E-state index contributed by atoms with van der Waals surface area (Å²) in [5, 5.41) is 24.0. The van der Waals surface area contributed by atoms with Crippen LogP contribution >= 0.6 is 0 Å². The number of aliphatic hydroxyl groups excluding tert-OH is 1. The molecule has 1 amide bonds. The van der Waals surface area contributed by atoms with E-state index in [1.807, 2.05) is 0 Å². The van der Waals surface area contributed by atoms with Crippen LogP contribution in [0, 0.1) is 0 Å². The van der Waals surface area contributed by atoms with Gasteiger partial charge in [0.15, 0.2) is 0 Å². The fraction of sp³-hybridized carbons (Fsp3) is 0.444. The van der Waals surface area contributed by atoms with E-state index in [1.165, 1.54) is 12.1 Å². The van der Waals surface area contributed by atoms with Crippen molar-refractivity contribution in [1.29, 1.82) is 0 Å². The van der Waals surface area contributed by atoms with E-state index in [-0.39, 0.29) is 23.8 Å². The van der Waals surface area contributed by atoms with Crippen molar-refractivity contribution in [2.24, 2.45) is 0 Å². The third kappa shape index (κ3) is 5.04. The van der Waals surface area contributed by atoms with Crippen LogP contribution in [0.25, 0.3) is 10.9 Å². The number of pyridine rings is 1. The maximum absolute atomic E-state index is 11.8. The Balaban J connectivity index is 1.92. The third-order valence-electron chi connectivity index (χ3n) is 4.17. The van der Waals surface area contributed by atoms with Crippen molar-refractivity contribution in [3.8, 4) is 5.75 Å². The molecule has 0 unspecified atom stereocenters. The smallest absolute Gasteiger partial charge is 0.248 e. The van der Waals surface area contributed by atoms with Crippen molar-refractivity contribution >= 4 is 16.8 Å². The van der Waals surface area contributed by atoms with Crippen molar-refractivity contribution in [3.05, 3.63) is 40.2 Å². The number of hydrogen-bond acceptors (Lipinski definition) is 6. The number of nitrogens with one attached hydrogen (secondary N) is 2. The molecule has 8 nitrogen and oxygen atoms in total. The zero-order chi connectivity index (χ0) is 19.1. The summed E-state index contributed by atoms with van der Waals surface area (Å²) in [5.41, 5.74) is 0.586. The normalized spacial score (nSPS) is 12.3. The molecule has 26 heavy (non-hydrogen) atoms. The Morgan fingerprint density at radius 3 is 2.85 bits per heavy atom. The first-order valence-electron chi connectivity index (χ1n) is 8.40. The van der Waals surface area contributed by atoms with Crippen LogP contribution < -0.4 is 10.9 Å². The molecule has 0 spiro atoms. The van der Waals surface area contributed by atoms with Gasteiger partial charge in [0.2, 0.25) is 11.5 Å². The van der Waals surface area contributed by atoms with Gasteiger partial charge in [-0.15, -0.1) is 0 Å². The molecule has 0 aliphatic heterocycles. The number of benzene rings is 1. The molecule has 2 aromatic rings. The van der Waals surface area contributed by atoms with Gasteiger partial charge in [0, 0.05) is 45.2 Å². The van der Waals surface area contributed by atoms with E-state index in [0.717, 1.165) is 0 Å². The summed E-state index contributed by atoms with van der Waals surface area (Å²) in [6, 6.07) is 6.00. The van der Waals surface area contributed by atoms with Crippen molar-refractivity contribution in [3.63, 3.8) is 0 Å². The Labute approximate surface area is 151 Å². The topological polar surface area (TPSA) is 115 Å². The average molecular weight is 363 g/mol. The molecule has 142 valence electrons. The van der Waals surface area contributed by atoms with E-state index in [4.69, 9.17) is 4.74 Å². The number of carbonyl (C=O) groups is 1. The van der Waals surface area contributed by atoms with Crippen LogP contribution in [0.5, 0.6) is 5.75 Å². The van der Waals surface area contributed by atoms with Gasteiger partial charge in [-0.1, -0.05) is 6.07 Å². The molecule has 0 saturated heterocycles. The first-order chi connectivity index (χ1) is 12.4. The van der Waals surface area contributed by atoms with Crippen molar-refractivity contribution in [2.45, 2.75) is 12.5 Å². The number of aliphatic hydroxyl groups is 1. The number of amides is 1. The molecule has 1 aromatic carbocycles. The van der Waals surface area contributed by atoms with E-state index in [9.17, 15) is 19.8 Å². The van der Waals surface area contributed by atoms with Crippen LogP contribution in [0.15, 0.2) is 29.1 Å². The molecule has 1 atom stereocenters. The summed E-state index contributed by atoms with van der Waals surface area (Å²) >= 11 is 0. The lowest BCUT2D eigenvalue weighted by Crippen LogP contribution is -2.35. The molecular formula is C18H25N3O5. The van der Waals surface area contributed by atoms with Gasteiger partial charge in [0.25, 0.3) is 0 Å². The fourth-order valence-corrected chi connectivity index (χ4v) is 2.65. The summed E-state index contributed by atoms with van der Waals surface area (Å²) < 4.78 is 4.88. The minimum absolute atomic E-state index is 0.00248. The maximum Gasteiger partial charge on any atom is 0.248 e. The average Bonchev–Trinajstić information content (AvgIpc) is 2.63. The second-order valence-electron chi connectivity index (χ2n) is 6.06. The van der Waals surface area contributed by atoms with E-state index in [0.29, 0.717) is 42.6 Å². The molecule has 0 radical (unpaired) electrons. The molecule has 1 aromatic heterocycles. The number of methoxy groups -OCH3 is 1. The second-order valence-corrected chi connectivity index (χ2v) is 6.06. The van der Waals surface area contributed by atoms with Crippen LogP contribution in [-0.2, 0) is 9.53 Å². The van der Waals surface area contributed by atoms with E-state index in [2.05, 4.69) is 10.3 Å². The molecule has 0 fully saturated rings. The second kappa shape index (κ2) is 9.33. The highest BCUT2D eigenvalue weighted by Gasteiger charge is 2.14. The first-order valence-corrected chi connectivity index (χ1v) is 8.40. The maximum atomic E-state index is 11.8. The molecule has 0 aliphatic carbocycles.